The molecular weight excluding hydrogens is 169 g/mol. The van der Waals surface area contributed by atoms with Crippen molar-refractivity contribution in [1.29, 1.82) is 0 Å². The van der Waals surface area contributed by atoms with Gasteiger partial charge in [-0.25, -0.2) is 14.4 Å². The van der Waals surface area contributed by atoms with Crippen molar-refractivity contribution in [2.75, 3.05) is 18.0 Å². The fourth-order valence-corrected chi connectivity index (χ4v) is 1.56. The van der Waals surface area contributed by atoms with Crippen LogP contribution in [0.3, 0.4) is 0 Å². The first-order valence-electron chi connectivity index (χ1n) is 4.52. The molecule has 1 atom stereocenters. The lowest BCUT2D eigenvalue weighted by atomic mass is 10.1. The van der Waals surface area contributed by atoms with Crippen molar-refractivity contribution in [3.05, 3.63) is 18.5 Å². The molecule has 1 aromatic heterocycles. The van der Waals surface area contributed by atoms with Crippen molar-refractivity contribution in [2.24, 2.45) is 0 Å². The molecular formula is C9H12FN3. The lowest BCUT2D eigenvalue weighted by molar-refractivity contribution is 0.285. The van der Waals surface area contributed by atoms with Gasteiger partial charge in [0.05, 0.1) is 6.54 Å². The molecule has 0 aromatic carbocycles. The van der Waals surface area contributed by atoms with Crippen LogP contribution >= 0.6 is 0 Å². The first-order valence-corrected chi connectivity index (χ1v) is 4.52. The Morgan fingerprint density at radius 1 is 1.38 bits per heavy atom. The number of hydrogen-bond donors (Lipinski definition) is 0. The predicted octanol–water partition coefficient (Wildman–Crippen LogP) is 1.41. The molecule has 0 radical (unpaired) electrons. The maximum absolute atomic E-state index is 13.0. The van der Waals surface area contributed by atoms with E-state index in [9.17, 15) is 4.39 Å². The second-order valence-electron chi connectivity index (χ2n) is 3.23. The van der Waals surface area contributed by atoms with Gasteiger partial charge in [-0.05, 0) is 18.9 Å². The molecule has 70 valence electrons. The van der Waals surface area contributed by atoms with E-state index in [2.05, 4.69) is 9.97 Å². The summed E-state index contributed by atoms with van der Waals surface area (Å²) in [4.78, 5) is 10.1. The van der Waals surface area contributed by atoms with Gasteiger partial charge in [-0.1, -0.05) is 0 Å². The fourth-order valence-electron chi connectivity index (χ4n) is 1.56. The molecule has 0 aliphatic carbocycles. The third kappa shape index (κ3) is 1.94. The highest BCUT2D eigenvalue weighted by Gasteiger charge is 2.20. The summed E-state index contributed by atoms with van der Waals surface area (Å²) in [5, 5.41) is 0. The number of hydrogen-bond acceptors (Lipinski definition) is 3. The summed E-state index contributed by atoms with van der Waals surface area (Å²) < 4.78 is 13.0. The summed E-state index contributed by atoms with van der Waals surface area (Å²) in [6, 6.07) is 1.76. The summed E-state index contributed by atoms with van der Waals surface area (Å²) >= 11 is 0. The van der Waals surface area contributed by atoms with Crippen LogP contribution in [0.2, 0.25) is 0 Å². The molecule has 0 saturated carbocycles. The Bertz CT molecular complexity index is 265. The fraction of sp³-hybridized carbons (Fsp3) is 0.556. The number of nitrogens with zero attached hydrogens (tertiary/aromatic N) is 3. The van der Waals surface area contributed by atoms with Gasteiger partial charge in [0.2, 0.25) is 5.95 Å². The Morgan fingerprint density at radius 3 is 2.85 bits per heavy atom. The van der Waals surface area contributed by atoms with Crippen molar-refractivity contribution in [3.63, 3.8) is 0 Å². The minimum absolute atomic E-state index is 0.435. The molecule has 13 heavy (non-hydrogen) atoms. The van der Waals surface area contributed by atoms with Crippen LogP contribution < -0.4 is 4.90 Å². The van der Waals surface area contributed by atoms with Crippen LogP contribution in [-0.2, 0) is 0 Å². The van der Waals surface area contributed by atoms with Crippen LogP contribution in [0.1, 0.15) is 12.8 Å². The highest BCUT2D eigenvalue weighted by molar-refractivity contribution is 5.29. The molecule has 3 nitrogen and oxygen atoms in total. The third-order valence-corrected chi connectivity index (χ3v) is 2.20. The van der Waals surface area contributed by atoms with Gasteiger partial charge >= 0.3 is 0 Å². The molecule has 1 aromatic rings. The van der Waals surface area contributed by atoms with Crippen LogP contribution in [0.15, 0.2) is 18.5 Å². The zero-order valence-corrected chi connectivity index (χ0v) is 7.36. The van der Waals surface area contributed by atoms with Gasteiger partial charge in [-0.3, -0.25) is 0 Å². The Kier molecular flexibility index (Phi) is 2.38. The summed E-state index contributed by atoms with van der Waals surface area (Å²) in [6.07, 6.45) is 4.20. The highest BCUT2D eigenvalue weighted by Crippen LogP contribution is 2.16. The van der Waals surface area contributed by atoms with E-state index in [1.807, 2.05) is 4.90 Å². The minimum atomic E-state index is -0.724. The third-order valence-electron chi connectivity index (χ3n) is 2.20. The molecule has 1 saturated heterocycles. The molecule has 4 heteroatoms. The number of rotatable bonds is 1. The Hall–Kier alpha value is -1.19. The lowest BCUT2D eigenvalue weighted by Gasteiger charge is -2.28. The van der Waals surface area contributed by atoms with Crippen LogP contribution in [0.5, 0.6) is 0 Å². The first-order chi connectivity index (χ1) is 6.36. The van der Waals surface area contributed by atoms with E-state index in [0.29, 0.717) is 18.9 Å². The van der Waals surface area contributed by atoms with Gasteiger partial charge in [0, 0.05) is 18.9 Å². The number of piperidine rings is 1. The van der Waals surface area contributed by atoms with Crippen molar-refractivity contribution < 1.29 is 4.39 Å². The SMILES string of the molecule is FC1CCCN(c2ncccn2)C1. The van der Waals surface area contributed by atoms with E-state index in [-0.39, 0.29) is 0 Å². The molecule has 0 amide bonds. The molecule has 1 aliphatic heterocycles. The number of aromatic nitrogens is 2. The van der Waals surface area contributed by atoms with Crippen molar-refractivity contribution in [2.45, 2.75) is 19.0 Å². The minimum Gasteiger partial charge on any atom is -0.338 e. The molecule has 2 heterocycles. The van der Waals surface area contributed by atoms with Crippen molar-refractivity contribution in [1.82, 2.24) is 9.97 Å². The van der Waals surface area contributed by atoms with E-state index in [4.69, 9.17) is 0 Å². The van der Waals surface area contributed by atoms with Gasteiger partial charge in [-0.15, -0.1) is 0 Å². The highest BCUT2D eigenvalue weighted by atomic mass is 19.1. The van der Waals surface area contributed by atoms with E-state index in [0.717, 1.165) is 13.0 Å². The van der Waals surface area contributed by atoms with Gasteiger partial charge in [-0.2, -0.15) is 0 Å². The molecule has 1 aliphatic rings. The van der Waals surface area contributed by atoms with Crippen molar-refractivity contribution >= 4 is 5.95 Å². The van der Waals surface area contributed by atoms with Crippen LogP contribution in [-0.4, -0.2) is 29.2 Å². The average molecular weight is 181 g/mol. The van der Waals surface area contributed by atoms with Gasteiger partial charge in [0.15, 0.2) is 0 Å². The Morgan fingerprint density at radius 2 is 2.15 bits per heavy atom. The smallest absolute Gasteiger partial charge is 0.225 e. The number of halogens is 1. The Balaban J connectivity index is 2.08. The standard InChI is InChI=1S/C9H12FN3/c10-8-3-1-6-13(7-8)9-11-4-2-5-12-9/h2,4-5,8H,1,3,6-7H2. The van der Waals surface area contributed by atoms with E-state index >= 15 is 0 Å². The monoisotopic (exact) mass is 181 g/mol. The summed E-state index contributed by atoms with van der Waals surface area (Å²) in [5.41, 5.74) is 0. The molecule has 0 bridgehead atoms. The zero-order chi connectivity index (χ0) is 9.10. The Labute approximate surface area is 76.6 Å². The zero-order valence-electron chi connectivity index (χ0n) is 7.36. The van der Waals surface area contributed by atoms with E-state index in [1.165, 1.54) is 0 Å². The van der Waals surface area contributed by atoms with Crippen LogP contribution in [0, 0.1) is 0 Å². The summed E-state index contributed by atoms with van der Waals surface area (Å²) in [5.74, 6) is 0.643. The van der Waals surface area contributed by atoms with Gasteiger partial charge in [0.1, 0.15) is 6.17 Å². The topological polar surface area (TPSA) is 29.0 Å². The van der Waals surface area contributed by atoms with E-state index < -0.39 is 6.17 Å². The number of alkyl halides is 1. The largest absolute Gasteiger partial charge is 0.338 e. The second-order valence-corrected chi connectivity index (χ2v) is 3.23. The van der Waals surface area contributed by atoms with Gasteiger partial charge in [0.25, 0.3) is 0 Å². The number of anilines is 1. The molecule has 1 unspecified atom stereocenters. The molecule has 0 N–H and O–H groups in total. The maximum Gasteiger partial charge on any atom is 0.225 e. The van der Waals surface area contributed by atoms with Crippen LogP contribution in [0.25, 0.3) is 0 Å². The normalized spacial score (nSPS) is 23.2. The predicted molar refractivity (Wildman–Crippen MR) is 48.4 cm³/mol. The van der Waals surface area contributed by atoms with Crippen LogP contribution in [0.4, 0.5) is 10.3 Å². The quantitative estimate of drug-likeness (QED) is 0.656. The van der Waals surface area contributed by atoms with Crippen molar-refractivity contribution in [3.8, 4) is 0 Å². The molecule has 2 rings (SSSR count). The first kappa shape index (κ1) is 8.41. The maximum atomic E-state index is 13.0. The summed E-state index contributed by atoms with van der Waals surface area (Å²) in [7, 11) is 0. The summed E-state index contributed by atoms with van der Waals surface area (Å²) in [6.45, 7) is 1.30. The van der Waals surface area contributed by atoms with E-state index in [1.54, 1.807) is 18.5 Å². The van der Waals surface area contributed by atoms with Gasteiger partial charge < -0.3 is 4.90 Å². The second kappa shape index (κ2) is 3.68. The molecule has 0 spiro atoms. The average Bonchev–Trinajstić information content (AvgIpc) is 2.19. The lowest BCUT2D eigenvalue weighted by Crippen LogP contribution is -2.37. The molecule has 1 fully saturated rings.